The van der Waals surface area contributed by atoms with Crippen LogP contribution in [0.1, 0.15) is 24.8 Å². The highest BCUT2D eigenvalue weighted by molar-refractivity contribution is 5.84. The zero-order valence-electron chi connectivity index (χ0n) is 13.1. The van der Waals surface area contributed by atoms with Crippen LogP contribution in [0.15, 0.2) is 36.4 Å². The number of carbonyl (C=O) groups excluding carboxylic acids is 1. The molecule has 122 valence electrons. The molecule has 2 unspecified atom stereocenters. The van der Waals surface area contributed by atoms with Gasteiger partial charge in [0, 0.05) is 44.0 Å². The van der Waals surface area contributed by atoms with Gasteiger partial charge in [0.2, 0.25) is 5.91 Å². The molecule has 1 aromatic heterocycles. The molecule has 0 spiro atoms. The first-order valence-electron chi connectivity index (χ1n) is 8.33. The summed E-state index contributed by atoms with van der Waals surface area (Å²) in [6.07, 6.45) is 8.91. The van der Waals surface area contributed by atoms with E-state index in [1.807, 2.05) is 30.6 Å². The van der Waals surface area contributed by atoms with Crippen LogP contribution in [0.2, 0.25) is 0 Å². The topological polar surface area (TPSA) is 66.5 Å². The Bertz CT molecular complexity index is 600. The SMILES string of the molecule is O=C(NC1CCN(Cc2ccncc2)C1)C1C=C(C2CC2)ON1. The molecule has 2 fully saturated rings. The molecular weight excluding hydrogens is 292 g/mol. The van der Waals surface area contributed by atoms with E-state index in [-0.39, 0.29) is 18.0 Å². The normalized spacial score (nSPS) is 27.6. The lowest BCUT2D eigenvalue weighted by Gasteiger charge is -2.17. The summed E-state index contributed by atoms with van der Waals surface area (Å²) in [6.45, 7) is 2.80. The summed E-state index contributed by atoms with van der Waals surface area (Å²) >= 11 is 0. The number of carbonyl (C=O) groups is 1. The number of hydrogen-bond acceptors (Lipinski definition) is 5. The second-order valence-corrected chi connectivity index (χ2v) is 6.63. The Morgan fingerprint density at radius 2 is 2.17 bits per heavy atom. The quantitative estimate of drug-likeness (QED) is 0.848. The number of hydroxylamine groups is 1. The summed E-state index contributed by atoms with van der Waals surface area (Å²) in [5, 5.41) is 3.14. The number of nitrogens with one attached hydrogen (secondary N) is 2. The predicted molar refractivity (Wildman–Crippen MR) is 84.9 cm³/mol. The van der Waals surface area contributed by atoms with Gasteiger partial charge in [-0.15, -0.1) is 5.48 Å². The van der Waals surface area contributed by atoms with Crippen molar-refractivity contribution in [1.29, 1.82) is 0 Å². The zero-order chi connectivity index (χ0) is 15.6. The predicted octanol–water partition coefficient (Wildman–Crippen LogP) is 0.969. The molecular formula is C17H22N4O2. The van der Waals surface area contributed by atoms with Gasteiger partial charge in [-0.2, -0.15) is 0 Å². The average Bonchev–Trinajstić information content (AvgIpc) is 3.13. The highest BCUT2D eigenvalue weighted by Gasteiger charge is 2.35. The van der Waals surface area contributed by atoms with E-state index in [1.54, 1.807) is 0 Å². The molecule has 6 heteroatoms. The molecule has 1 saturated carbocycles. The Balaban J connectivity index is 1.26. The van der Waals surface area contributed by atoms with E-state index in [0.29, 0.717) is 5.92 Å². The molecule has 2 atom stereocenters. The van der Waals surface area contributed by atoms with E-state index in [1.165, 1.54) is 18.4 Å². The van der Waals surface area contributed by atoms with E-state index in [4.69, 9.17) is 4.84 Å². The fourth-order valence-corrected chi connectivity index (χ4v) is 3.21. The lowest BCUT2D eigenvalue weighted by molar-refractivity contribution is -0.124. The van der Waals surface area contributed by atoms with Crippen molar-refractivity contribution in [2.45, 2.75) is 37.9 Å². The van der Waals surface area contributed by atoms with E-state index >= 15 is 0 Å². The number of hydrogen-bond donors (Lipinski definition) is 2. The fraction of sp³-hybridized carbons (Fsp3) is 0.529. The first-order chi connectivity index (χ1) is 11.3. The summed E-state index contributed by atoms with van der Waals surface area (Å²) in [6, 6.07) is 3.94. The maximum atomic E-state index is 12.3. The van der Waals surface area contributed by atoms with Gasteiger partial charge >= 0.3 is 0 Å². The van der Waals surface area contributed by atoms with Gasteiger partial charge < -0.3 is 10.2 Å². The minimum atomic E-state index is -0.347. The van der Waals surface area contributed by atoms with Crippen LogP contribution in [0.5, 0.6) is 0 Å². The zero-order valence-corrected chi connectivity index (χ0v) is 13.1. The van der Waals surface area contributed by atoms with Gasteiger partial charge in [0.05, 0.1) is 0 Å². The third kappa shape index (κ3) is 3.54. The summed E-state index contributed by atoms with van der Waals surface area (Å²) < 4.78 is 0. The molecule has 1 saturated heterocycles. The Kier molecular flexibility index (Phi) is 4.01. The first-order valence-corrected chi connectivity index (χ1v) is 8.33. The van der Waals surface area contributed by atoms with Gasteiger partial charge in [-0.05, 0) is 43.0 Å². The molecule has 1 aromatic rings. The van der Waals surface area contributed by atoms with E-state index < -0.39 is 0 Å². The standard InChI is InChI=1S/C17H22N4O2/c22-17(15-9-16(23-20-15)13-1-2-13)19-14-5-8-21(11-14)10-12-3-6-18-7-4-12/h3-4,6-7,9,13-15,20H,1-2,5,8,10-11H2,(H,19,22). The van der Waals surface area contributed by atoms with Crippen molar-refractivity contribution in [3.05, 3.63) is 41.9 Å². The molecule has 0 radical (unpaired) electrons. The van der Waals surface area contributed by atoms with Crippen LogP contribution in [0, 0.1) is 5.92 Å². The minimum absolute atomic E-state index is 0.0106. The highest BCUT2D eigenvalue weighted by Crippen LogP contribution is 2.38. The number of amides is 1. The lowest BCUT2D eigenvalue weighted by Crippen LogP contribution is -2.45. The van der Waals surface area contributed by atoms with E-state index in [2.05, 4.69) is 20.7 Å². The number of likely N-dealkylation sites (tertiary alicyclic amines) is 1. The molecule has 0 aromatic carbocycles. The van der Waals surface area contributed by atoms with Crippen molar-refractivity contribution in [3.63, 3.8) is 0 Å². The van der Waals surface area contributed by atoms with Crippen molar-refractivity contribution in [1.82, 2.24) is 20.7 Å². The van der Waals surface area contributed by atoms with Gasteiger partial charge in [0.1, 0.15) is 11.8 Å². The number of aromatic nitrogens is 1. The van der Waals surface area contributed by atoms with E-state index in [9.17, 15) is 4.79 Å². The molecule has 1 aliphatic carbocycles. The van der Waals surface area contributed by atoms with Gasteiger partial charge in [-0.25, -0.2) is 0 Å². The van der Waals surface area contributed by atoms with Crippen molar-refractivity contribution in [3.8, 4) is 0 Å². The van der Waals surface area contributed by atoms with Crippen molar-refractivity contribution >= 4 is 5.91 Å². The number of pyridine rings is 1. The fourth-order valence-electron chi connectivity index (χ4n) is 3.21. The molecule has 2 N–H and O–H groups in total. The Morgan fingerprint density at radius 3 is 2.96 bits per heavy atom. The molecule has 6 nitrogen and oxygen atoms in total. The van der Waals surface area contributed by atoms with Gasteiger partial charge in [0.15, 0.2) is 0 Å². The molecule has 4 rings (SSSR count). The summed E-state index contributed by atoms with van der Waals surface area (Å²) in [4.78, 5) is 24.1. The maximum absolute atomic E-state index is 12.3. The summed E-state index contributed by atoms with van der Waals surface area (Å²) in [5.41, 5.74) is 4.09. The second-order valence-electron chi connectivity index (χ2n) is 6.63. The molecule has 2 aliphatic heterocycles. The minimum Gasteiger partial charge on any atom is -0.412 e. The maximum Gasteiger partial charge on any atom is 0.244 e. The number of rotatable bonds is 5. The summed E-state index contributed by atoms with van der Waals surface area (Å²) in [5.74, 6) is 1.48. The smallest absolute Gasteiger partial charge is 0.244 e. The largest absolute Gasteiger partial charge is 0.412 e. The van der Waals surface area contributed by atoms with Crippen LogP contribution in [0.3, 0.4) is 0 Å². The molecule has 23 heavy (non-hydrogen) atoms. The van der Waals surface area contributed by atoms with Crippen molar-refractivity contribution < 1.29 is 9.63 Å². The Hall–Kier alpha value is -1.92. The van der Waals surface area contributed by atoms with Crippen LogP contribution in [-0.2, 0) is 16.2 Å². The van der Waals surface area contributed by atoms with Crippen molar-refractivity contribution in [2.24, 2.45) is 5.92 Å². The van der Waals surface area contributed by atoms with Crippen LogP contribution < -0.4 is 10.8 Å². The molecule has 3 aliphatic rings. The van der Waals surface area contributed by atoms with Crippen molar-refractivity contribution in [2.75, 3.05) is 13.1 Å². The average molecular weight is 314 g/mol. The lowest BCUT2D eigenvalue weighted by atomic mass is 10.2. The molecule has 0 bridgehead atoms. The highest BCUT2D eigenvalue weighted by atomic mass is 16.7. The van der Waals surface area contributed by atoms with Gasteiger partial charge in [-0.3, -0.25) is 14.7 Å². The number of nitrogens with zero attached hydrogens (tertiary/aromatic N) is 2. The van der Waals surface area contributed by atoms with Crippen LogP contribution in [-0.4, -0.2) is 41.0 Å². The van der Waals surface area contributed by atoms with Gasteiger partial charge in [-0.1, -0.05) is 0 Å². The first kappa shape index (κ1) is 14.7. The van der Waals surface area contributed by atoms with Crippen LogP contribution >= 0.6 is 0 Å². The summed E-state index contributed by atoms with van der Waals surface area (Å²) in [7, 11) is 0. The third-order valence-corrected chi connectivity index (χ3v) is 4.67. The Morgan fingerprint density at radius 1 is 1.35 bits per heavy atom. The Labute approximate surface area is 135 Å². The van der Waals surface area contributed by atoms with E-state index in [0.717, 1.165) is 31.8 Å². The molecule has 3 heterocycles. The molecule has 1 amide bonds. The second kappa shape index (κ2) is 6.29. The third-order valence-electron chi connectivity index (χ3n) is 4.67. The number of allylic oxidation sites excluding steroid dienone is 1. The van der Waals surface area contributed by atoms with Crippen LogP contribution in [0.25, 0.3) is 0 Å². The monoisotopic (exact) mass is 314 g/mol. The van der Waals surface area contributed by atoms with Crippen LogP contribution in [0.4, 0.5) is 0 Å². The van der Waals surface area contributed by atoms with Gasteiger partial charge in [0.25, 0.3) is 0 Å².